The van der Waals surface area contributed by atoms with Crippen LogP contribution < -0.4 is 4.74 Å². The third-order valence-corrected chi connectivity index (χ3v) is 2.91. The summed E-state index contributed by atoms with van der Waals surface area (Å²) in [5.74, 6) is 0.925. The molecule has 0 aliphatic rings. The minimum Gasteiger partial charge on any atom is -0.492 e. The van der Waals surface area contributed by atoms with Crippen molar-refractivity contribution < 1.29 is 9.84 Å². The van der Waals surface area contributed by atoms with Gasteiger partial charge in [0.1, 0.15) is 12.4 Å². The van der Waals surface area contributed by atoms with Crippen LogP contribution in [0.1, 0.15) is 25.3 Å². The molecule has 0 aliphatic carbocycles. The van der Waals surface area contributed by atoms with Gasteiger partial charge < -0.3 is 9.84 Å². The quantitative estimate of drug-likeness (QED) is 0.732. The second kappa shape index (κ2) is 8.95. The van der Waals surface area contributed by atoms with E-state index < -0.39 is 0 Å². The van der Waals surface area contributed by atoms with Crippen LogP contribution in [-0.4, -0.2) is 42.9 Å². The van der Waals surface area contributed by atoms with Crippen molar-refractivity contribution in [3.63, 3.8) is 0 Å². The maximum atomic E-state index is 9.01. The van der Waals surface area contributed by atoms with Crippen LogP contribution in [0.4, 0.5) is 0 Å². The van der Waals surface area contributed by atoms with Crippen LogP contribution in [0.15, 0.2) is 24.3 Å². The average molecular weight is 251 g/mol. The normalized spacial score (nSPS) is 10.9. The Bertz CT molecular complexity index is 328. The van der Waals surface area contributed by atoms with E-state index in [0.29, 0.717) is 6.61 Å². The fourth-order valence-corrected chi connectivity index (χ4v) is 1.86. The zero-order valence-electron chi connectivity index (χ0n) is 11.6. The van der Waals surface area contributed by atoms with E-state index in [1.807, 2.05) is 18.2 Å². The molecule has 0 saturated heterocycles. The number of hydrogen-bond donors (Lipinski definition) is 1. The molecule has 3 heteroatoms. The van der Waals surface area contributed by atoms with Crippen LogP contribution in [0.5, 0.6) is 5.75 Å². The van der Waals surface area contributed by atoms with Crippen LogP contribution >= 0.6 is 0 Å². The van der Waals surface area contributed by atoms with Crippen molar-refractivity contribution >= 4 is 0 Å². The van der Waals surface area contributed by atoms with E-state index >= 15 is 0 Å². The number of hydrogen-bond acceptors (Lipinski definition) is 3. The molecule has 0 aromatic heterocycles. The Kier molecular flexibility index (Phi) is 7.46. The van der Waals surface area contributed by atoms with Crippen molar-refractivity contribution in [2.45, 2.75) is 26.7 Å². The van der Waals surface area contributed by atoms with Gasteiger partial charge in [0.2, 0.25) is 0 Å². The monoisotopic (exact) mass is 251 g/mol. The summed E-state index contributed by atoms with van der Waals surface area (Å²) in [6, 6.07) is 8.09. The summed E-state index contributed by atoms with van der Waals surface area (Å²) >= 11 is 0. The number of unbranched alkanes of at least 4 members (excludes halogenated alkanes) is 1. The van der Waals surface area contributed by atoms with Gasteiger partial charge in [-0.15, -0.1) is 0 Å². The van der Waals surface area contributed by atoms with Gasteiger partial charge in [0, 0.05) is 13.1 Å². The molecule has 0 heterocycles. The first-order chi connectivity index (χ1) is 8.76. The fourth-order valence-electron chi connectivity index (χ4n) is 1.86. The Morgan fingerprint density at radius 2 is 2.06 bits per heavy atom. The van der Waals surface area contributed by atoms with E-state index in [2.05, 4.69) is 24.8 Å². The fraction of sp³-hybridized carbons (Fsp3) is 0.600. The molecule has 0 bridgehead atoms. The molecule has 3 nitrogen and oxygen atoms in total. The highest BCUT2D eigenvalue weighted by molar-refractivity contribution is 5.27. The third-order valence-electron chi connectivity index (χ3n) is 2.91. The molecule has 0 saturated carbocycles. The standard InChI is InChI=1S/C15H25NO2/c1-3-4-8-16(9-11-17)10-12-18-15-7-5-6-14(2)13-15/h5-7,13,17H,3-4,8-12H2,1-2H3. The van der Waals surface area contributed by atoms with Gasteiger partial charge in [-0.1, -0.05) is 25.5 Å². The van der Waals surface area contributed by atoms with Crippen LogP contribution in [0.25, 0.3) is 0 Å². The SMILES string of the molecule is CCCCN(CCO)CCOc1cccc(C)c1. The molecule has 0 spiro atoms. The number of aliphatic hydroxyl groups excluding tert-OH is 1. The molecule has 0 fully saturated rings. The maximum Gasteiger partial charge on any atom is 0.119 e. The molecular formula is C15H25NO2. The van der Waals surface area contributed by atoms with Crippen molar-refractivity contribution in [3.05, 3.63) is 29.8 Å². The van der Waals surface area contributed by atoms with Crippen molar-refractivity contribution in [1.82, 2.24) is 4.90 Å². The highest BCUT2D eigenvalue weighted by Crippen LogP contribution is 2.12. The molecule has 0 amide bonds. The Balaban J connectivity index is 2.29. The third kappa shape index (κ3) is 6.03. The molecule has 0 atom stereocenters. The molecular weight excluding hydrogens is 226 g/mol. The first-order valence-electron chi connectivity index (χ1n) is 6.79. The van der Waals surface area contributed by atoms with Crippen molar-refractivity contribution in [2.24, 2.45) is 0 Å². The second-order valence-corrected chi connectivity index (χ2v) is 4.58. The topological polar surface area (TPSA) is 32.7 Å². The Hall–Kier alpha value is -1.06. The minimum atomic E-state index is 0.216. The Labute approximate surface area is 110 Å². The number of rotatable bonds is 9. The van der Waals surface area contributed by atoms with Crippen LogP contribution in [-0.2, 0) is 0 Å². The summed E-state index contributed by atoms with van der Waals surface area (Å²) in [6.07, 6.45) is 2.35. The summed E-state index contributed by atoms with van der Waals surface area (Å²) in [6.45, 7) is 7.77. The molecule has 0 radical (unpaired) electrons. The molecule has 1 rings (SSSR count). The lowest BCUT2D eigenvalue weighted by Gasteiger charge is -2.21. The summed E-state index contributed by atoms with van der Waals surface area (Å²) in [4.78, 5) is 2.25. The van der Waals surface area contributed by atoms with Gasteiger partial charge >= 0.3 is 0 Å². The lowest BCUT2D eigenvalue weighted by molar-refractivity contribution is 0.167. The van der Waals surface area contributed by atoms with E-state index in [1.165, 1.54) is 18.4 Å². The van der Waals surface area contributed by atoms with E-state index in [4.69, 9.17) is 9.84 Å². The Morgan fingerprint density at radius 1 is 1.22 bits per heavy atom. The first kappa shape index (κ1) is 15.0. The predicted molar refractivity (Wildman–Crippen MR) is 75.1 cm³/mol. The van der Waals surface area contributed by atoms with Gasteiger partial charge in [0.05, 0.1) is 6.61 Å². The van der Waals surface area contributed by atoms with E-state index in [1.54, 1.807) is 0 Å². The Morgan fingerprint density at radius 3 is 2.72 bits per heavy atom. The average Bonchev–Trinajstić information content (AvgIpc) is 2.36. The van der Waals surface area contributed by atoms with Crippen molar-refractivity contribution in [2.75, 3.05) is 32.8 Å². The number of aliphatic hydroxyl groups is 1. The molecule has 1 aromatic carbocycles. The van der Waals surface area contributed by atoms with Gasteiger partial charge in [-0.3, -0.25) is 4.90 Å². The van der Waals surface area contributed by atoms with Crippen LogP contribution in [0.2, 0.25) is 0 Å². The number of benzene rings is 1. The van der Waals surface area contributed by atoms with Gasteiger partial charge in [-0.05, 0) is 37.6 Å². The van der Waals surface area contributed by atoms with Crippen molar-refractivity contribution in [1.29, 1.82) is 0 Å². The summed E-state index contributed by atoms with van der Waals surface area (Å²) in [7, 11) is 0. The molecule has 1 N–H and O–H groups in total. The smallest absolute Gasteiger partial charge is 0.119 e. The van der Waals surface area contributed by atoms with Gasteiger partial charge in [0.25, 0.3) is 0 Å². The molecule has 1 aromatic rings. The minimum absolute atomic E-state index is 0.216. The van der Waals surface area contributed by atoms with Gasteiger partial charge in [0.15, 0.2) is 0 Å². The number of aryl methyl sites for hydroxylation is 1. The molecule has 0 aliphatic heterocycles. The number of nitrogens with zero attached hydrogens (tertiary/aromatic N) is 1. The first-order valence-corrected chi connectivity index (χ1v) is 6.79. The van der Waals surface area contributed by atoms with Crippen LogP contribution in [0.3, 0.4) is 0 Å². The summed E-state index contributed by atoms with van der Waals surface area (Å²) < 4.78 is 5.72. The zero-order valence-corrected chi connectivity index (χ0v) is 11.6. The van der Waals surface area contributed by atoms with Crippen LogP contribution in [0, 0.1) is 6.92 Å². The molecule has 102 valence electrons. The van der Waals surface area contributed by atoms with Crippen molar-refractivity contribution in [3.8, 4) is 5.75 Å². The highest BCUT2D eigenvalue weighted by Gasteiger charge is 2.03. The zero-order chi connectivity index (χ0) is 13.2. The van der Waals surface area contributed by atoms with Gasteiger partial charge in [-0.2, -0.15) is 0 Å². The van der Waals surface area contributed by atoms with E-state index in [9.17, 15) is 0 Å². The summed E-state index contributed by atoms with van der Waals surface area (Å²) in [5, 5.41) is 9.01. The number of ether oxygens (including phenoxy) is 1. The predicted octanol–water partition coefficient (Wildman–Crippen LogP) is 2.47. The lowest BCUT2D eigenvalue weighted by atomic mass is 10.2. The lowest BCUT2D eigenvalue weighted by Crippen LogP contribution is -2.32. The second-order valence-electron chi connectivity index (χ2n) is 4.58. The maximum absolute atomic E-state index is 9.01. The van der Waals surface area contributed by atoms with Gasteiger partial charge in [-0.25, -0.2) is 0 Å². The van der Waals surface area contributed by atoms with E-state index in [0.717, 1.165) is 25.4 Å². The summed E-state index contributed by atoms with van der Waals surface area (Å²) in [5.41, 5.74) is 1.21. The highest BCUT2D eigenvalue weighted by atomic mass is 16.5. The molecule has 18 heavy (non-hydrogen) atoms. The largest absolute Gasteiger partial charge is 0.492 e. The van der Waals surface area contributed by atoms with E-state index in [-0.39, 0.29) is 6.61 Å². The molecule has 0 unspecified atom stereocenters.